The summed E-state index contributed by atoms with van der Waals surface area (Å²) in [6, 6.07) is 3.91. The number of rotatable bonds is 3. The molecule has 1 aliphatic rings. The second-order valence-corrected chi connectivity index (χ2v) is 5.37. The van der Waals surface area contributed by atoms with E-state index in [9.17, 15) is 4.79 Å². The Morgan fingerprint density at radius 2 is 2.47 bits per heavy atom. The van der Waals surface area contributed by atoms with Crippen molar-refractivity contribution in [3.05, 3.63) is 28.9 Å². The van der Waals surface area contributed by atoms with Crippen LogP contribution in [-0.2, 0) is 4.79 Å². The van der Waals surface area contributed by atoms with E-state index >= 15 is 0 Å². The Labute approximate surface area is 102 Å². The summed E-state index contributed by atoms with van der Waals surface area (Å²) < 4.78 is 0. The number of nitrogens with zero attached hydrogens (tertiary/aromatic N) is 1. The molecule has 2 heterocycles. The van der Waals surface area contributed by atoms with E-state index < -0.39 is 5.97 Å². The third-order valence-electron chi connectivity index (χ3n) is 3.11. The fourth-order valence-corrected chi connectivity index (χ4v) is 3.32. The fraction of sp³-hybridized carbons (Fsp3) is 0.333. The monoisotopic (exact) mass is 248 g/mol. The van der Waals surface area contributed by atoms with Gasteiger partial charge in [0.05, 0.1) is 17.3 Å². The Hall–Kier alpha value is -1.62. The van der Waals surface area contributed by atoms with Crippen LogP contribution in [0.4, 0.5) is 0 Å². The summed E-state index contributed by atoms with van der Waals surface area (Å²) in [5.74, 6) is -0.719. The molecule has 2 aromatic heterocycles. The lowest BCUT2D eigenvalue weighted by Crippen LogP contribution is -1.98. The molecule has 1 saturated carbocycles. The number of carboxylic acid groups (broad SMARTS) is 1. The van der Waals surface area contributed by atoms with Crippen molar-refractivity contribution in [1.82, 2.24) is 9.97 Å². The number of thiazole rings is 1. The highest BCUT2D eigenvalue weighted by Crippen LogP contribution is 2.51. The van der Waals surface area contributed by atoms with Crippen LogP contribution in [0.5, 0.6) is 0 Å². The van der Waals surface area contributed by atoms with Crippen LogP contribution in [0.3, 0.4) is 0 Å². The highest BCUT2D eigenvalue weighted by Gasteiger charge is 2.46. The SMILES string of the molecule is Cc1nc(-c2ccc[nH]2)sc1C1CC1C(=O)O. The van der Waals surface area contributed by atoms with Gasteiger partial charge in [0.2, 0.25) is 0 Å². The molecule has 0 amide bonds. The second-order valence-electron chi connectivity index (χ2n) is 4.34. The number of nitrogens with one attached hydrogen (secondary N) is 1. The molecule has 0 spiro atoms. The lowest BCUT2D eigenvalue weighted by Gasteiger charge is -1.92. The number of hydrogen-bond donors (Lipinski definition) is 2. The zero-order valence-electron chi connectivity index (χ0n) is 9.30. The van der Waals surface area contributed by atoms with Gasteiger partial charge in [-0.2, -0.15) is 0 Å². The summed E-state index contributed by atoms with van der Waals surface area (Å²) in [4.78, 5) is 19.6. The molecule has 0 saturated heterocycles. The van der Waals surface area contributed by atoms with E-state index in [0.717, 1.165) is 27.7 Å². The third kappa shape index (κ3) is 1.76. The summed E-state index contributed by atoms with van der Waals surface area (Å²) in [5, 5.41) is 9.89. The number of carbonyl (C=O) groups is 1. The molecule has 0 radical (unpaired) electrons. The Kier molecular flexibility index (Phi) is 2.29. The molecule has 2 atom stereocenters. The van der Waals surface area contributed by atoms with Gasteiger partial charge in [-0.3, -0.25) is 4.79 Å². The number of aromatic nitrogens is 2. The maximum Gasteiger partial charge on any atom is 0.307 e. The third-order valence-corrected chi connectivity index (χ3v) is 4.43. The molecule has 3 rings (SSSR count). The first-order chi connectivity index (χ1) is 8.16. The minimum absolute atomic E-state index is 0.175. The van der Waals surface area contributed by atoms with Crippen LogP contribution in [0.2, 0.25) is 0 Å². The summed E-state index contributed by atoms with van der Waals surface area (Å²) in [7, 11) is 0. The normalized spacial score (nSPS) is 22.6. The van der Waals surface area contributed by atoms with E-state index in [1.165, 1.54) is 0 Å². The number of H-pyrrole nitrogens is 1. The number of aryl methyl sites for hydroxylation is 1. The van der Waals surface area contributed by atoms with Crippen molar-refractivity contribution >= 4 is 17.3 Å². The van der Waals surface area contributed by atoms with Gasteiger partial charge in [-0.25, -0.2) is 4.98 Å². The Bertz CT molecular complexity index is 559. The van der Waals surface area contributed by atoms with E-state index in [1.807, 2.05) is 25.3 Å². The molecule has 5 heteroatoms. The number of hydrogen-bond acceptors (Lipinski definition) is 3. The van der Waals surface area contributed by atoms with Gasteiger partial charge in [0.1, 0.15) is 5.01 Å². The number of carboxylic acids is 1. The molecule has 2 unspecified atom stereocenters. The molecular weight excluding hydrogens is 236 g/mol. The lowest BCUT2D eigenvalue weighted by atomic mass is 10.2. The summed E-state index contributed by atoms with van der Waals surface area (Å²) in [6.45, 7) is 1.95. The Morgan fingerprint density at radius 1 is 1.65 bits per heavy atom. The summed E-state index contributed by atoms with van der Waals surface area (Å²) >= 11 is 1.60. The molecule has 1 aliphatic carbocycles. The van der Waals surface area contributed by atoms with Crippen LogP contribution < -0.4 is 0 Å². The Morgan fingerprint density at radius 3 is 3.06 bits per heavy atom. The zero-order valence-corrected chi connectivity index (χ0v) is 10.1. The van der Waals surface area contributed by atoms with Crippen LogP contribution in [0, 0.1) is 12.8 Å². The minimum Gasteiger partial charge on any atom is -0.481 e. The van der Waals surface area contributed by atoms with Crippen molar-refractivity contribution < 1.29 is 9.90 Å². The molecule has 88 valence electrons. The molecule has 2 aromatic rings. The first kappa shape index (κ1) is 10.5. The highest BCUT2D eigenvalue weighted by atomic mass is 32.1. The second kappa shape index (κ2) is 3.70. The molecule has 0 bridgehead atoms. The van der Waals surface area contributed by atoms with Gasteiger partial charge in [-0.15, -0.1) is 11.3 Å². The van der Waals surface area contributed by atoms with Crippen molar-refractivity contribution in [3.8, 4) is 10.7 Å². The lowest BCUT2D eigenvalue weighted by molar-refractivity contribution is -0.138. The molecular formula is C12H12N2O2S. The maximum atomic E-state index is 10.9. The fourth-order valence-electron chi connectivity index (χ4n) is 2.09. The molecule has 1 fully saturated rings. The van der Waals surface area contributed by atoms with Crippen molar-refractivity contribution in [3.63, 3.8) is 0 Å². The Balaban J connectivity index is 1.90. The van der Waals surface area contributed by atoms with Gasteiger partial charge in [0.15, 0.2) is 0 Å². The van der Waals surface area contributed by atoms with Gasteiger partial charge < -0.3 is 10.1 Å². The molecule has 4 nitrogen and oxygen atoms in total. The molecule has 2 N–H and O–H groups in total. The first-order valence-corrected chi connectivity index (χ1v) is 6.32. The zero-order chi connectivity index (χ0) is 12.0. The standard InChI is InChI=1S/C12H12N2O2S/c1-6-10(7-5-8(7)12(15)16)17-11(14-6)9-3-2-4-13-9/h2-4,7-8,13H,5H2,1H3,(H,15,16). The van der Waals surface area contributed by atoms with E-state index in [2.05, 4.69) is 9.97 Å². The quantitative estimate of drug-likeness (QED) is 0.877. The smallest absolute Gasteiger partial charge is 0.307 e. The highest BCUT2D eigenvalue weighted by molar-refractivity contribution is 7.15. The van der Waals surface area contributed by atoms with Crippen LogP contribution in [0.15, 0.2) is 18.3 Å². The average molecular weight is 248 g/mol. The number of aliphatic carboxylic acids is 1. The van der Waals surface area contributed by atoms with E-state index in [0.29, 0.717) is 0 Å². The minimum atomic E-state index is -0.691. The molecule has 17 heavy (non-hydrogen) atoms. The van der Waals surface area contributed by atoms with Crippen molar-refractivity contribution in [2.24, 2.45) is 5.92 Å². The predicted molar refractivity (Wildman–Crippen MR) is 65.1 cm³/mol. The van der Waals surface area contributed by atoms with Gasteiger partial charge in [-0.05, 0) is 25.5 Å². The van der Waals surface area contributed by atoms with E-state index in [4.69, 9.17) is 5.11 Å². The summed E-state index contributed by atoms with van der Waals surface area (Å²) in [5.41, 5.74) is 1.96. The topological polar surface area (TPSA) is 66.0 Å². The predicted octanol–water partition coefficient (Wildman–Crippen LogP) is 2.63. The van der Waals surface area contributed by atoms with Crippen LogP contribution >= 0.6 is 11.3 Å². The van der Waals surface area contributed by atoms with Crippen molar-refractivity contribution in [2.75, 3.05) is 0 Å². The van der Waals surface area contributed by atoms with Crippen LogP contribution in [0.25, 0.3) is 10.7 Å². The van der Waals surface area contributed by atoms with Gasteiger partial charge in [0, 0.05) is 17.0 Å². The van der Waals surface area contributed by atoms with Crippen LogP contribution in [-0.4, -0.2) is 21.0 Å². The van der Waals surface area contributed by atoms with Crippen LogP contribution in [0.1, 0.15) is 22.9 Å². The van der Waals surface area contributed by atoms with Crippen molar-refractivity contribution in [2.45, 2.75) is 19.3 Å². The molecule has 0 aromatic carbocycles. The van der Waals surface area contributed by atoms with Gasteiger partial charge in [-0.1, -0.05) is 0 Å². The first-order valence-electron chi connectivity index (χ1n) is 5.50. The number of aromatic amines is 1. The van der Waals surface area contributed by atoms with E-state index in [-0.39, 0.29) is 11.8 Å². The summed E-state index contributed by atoms with van der Waals surface area (Å²) in [6.07, 6.45) is 2.62. The van der Waals surface area contributed by atoms with Crippen molar-refractivity contribution in [1.29, 1.82) is 0 Å². The van der Waals surface area contributed by atoms with Gasteiger partial charge >= 0.3 is 5.97 Å². The molecule has 0 aliphatic heterocycles. The largest absolute Gasteiger partial charge is 0.481 e. The van der Waals surface area contributed by atoms with Gasteiger partial charge in [0.25, 0.3) is 0 Å². The van der Waals surface area contributed by atoms with E-state index in [1.54, 1.807) is 11.3 Å². The maximum absolute atomic E-state index is 10.9. The average Bonchev–Trinajstić information content (AvgIpc) is 2.73.